The monoisotopic (exact) mass is 414 g/mol. The van der Waals surface area contributed by atoms with Gasteiger partial charge in [0.2, 0.25) is 0 Å². The molecule has 2 N–H and O–H groups in total. The Kier molecular flexibility index (Phi) is 7.31. The number of nitriles is 1. The number of aromatic nitrogens is 1. The zero-order chi connectivity index (χ0) is 20.8. The van der Waals surface area contributed by atoms with E-state index in [1.165, 1.54) is 0 Å². The van der Waals surface area contributed by atoms with Crippen molar-refractivity contribution in [2.75, 3.05) is 36.6 Å². The molecule has 0 radical (unpaired) electrons. The predicted molar refractivity (Wildman–Crippen MR) is 115 cm³/mol. The summed E-state index contributed by atoms with van der Waals surface area (Å²) in [6.07, 6.45) is 3.61. The highest BCUT2D eigenvalue weighted by Crippen LogP contribution is 2.30. The molecule has 3 rings (SSSR count). The molecule has 8 heteroatoms. The number of hydrogen-bond donors (Lipinski definition) is 2. The van der Waals surface area contributed by atoms with E-state index < -0.39 is 6.10 Å². The van der Waals surface area contributed by atoms with Gasteiger partial charge in [-0.15, -0.1) is 0 Å². The number of anilines is 1. The summed E-state index contributed by atoms with van der Waals surface area (Å²) in [6, 6.07) is 9.38. The van der Waals surface area contributed by atoms with Crippen LogP contribution in [0.25, 0.3) is 10.9 Å². The number of morpholine rings is 1. The third-order valence-electron chi connectivity index (χ3n) is 5.00. The summed E-state index contributed by atoms with van der Waals surface area (Å²) in [5.41, 5.74) is 2.12. The third-order valence-corrected chi connectivity index (χ3v) is 5.64. The molecule has 1 unspecified atom stereocenters. The molecule has 1 aromatic carbocycles. The van der Waals surface area contributed by atoms with Crippen molar-refractivity contribution in [3.05, 3.63) is 36.0 Å². The second kappa shape index (κ2) is 9.92. The maximum Gasteiger partial charge on any atom is 0.251 e. The zero-order valence-electron chi connectivity index (χ0n) is 16.7. The Morgan fingerprint density at radius 2 is 2.31 bits per heavy atom. The Morgan fingerprint density at radius 3 is 3.03 bits per heavy atom. The number of rotatable bonds is 7. The minimum atomic E-state index is -0.635. The van der Waals surface area contributed by atoms with Crippen molar-refractivity contribution in [3.8, 4) is 6.07 Å². The number of fused-ring (bicyclic) bond motifs is 1. The fourth-order valence-corrected chi connectivity index (χ4v) is 4.10. The number of aliphatic hydroxyl groups excluding tert-OH is 1. The van der Waals surface area contributed by atoms with Crippen LogP contribution < -0.4 is 10.2 Å². The molecular formula is C21H26N4O3S. The molecule has 3 atom stereocenters. The summed E-state index contributed by atoms with van der Waals surface area (Å²) >= 11 is 1.68. The van der Waals surface area contributed by atoms with Crippen molar-refractivity contribution < 1.29 is 14.6 Å². The van der Waals surface area contributed by atoms with Gasteiger partial charge in [0.15, 0.2) is 6.10 Å². The van der Waals surface area contributed by atoms with Crippen LogP contribution in [0.3, 0.4) is 0 Å². The van der Waals surface area contributed by atoms with Gasteiger partial charge in [0.1, 0.15) is 6.07 Å². The summed E-state index contributed by atoms with van der Waals surface area (Å²) in [5.74, 6) is 0.654. The van der Waals surface area contributed by atoms with E-state index in [0.717, 1.165) is 16.8 Å². The van der Waals surface area contributed by atoms with Gasteiger partial charge < -0.3 is 20.1 Å². The maximum atomic E-state index is 12.8. The molecule has 0 saturated carbocycles. The molecule has 2 heterocycles. The van der Waals surface area contributed by atoms with Gasteiger partial charge in [-0.2, -0.15) is 17.0 Å². The number of pyridine rings is 1. The Bertz CT molecular complexity index is 901. The molecule has 1 amide bonds. The van der Waals surface area contributed by atoms with Crippen LogP contribution in [0, 0.1) is 11.3 Å². The lowest BCUT2D eigenvalue weighted by Crippen LogP contribution is -2.54. The fraction of sp³-hybridized carbons (Fsp3) is 0.476. The number of hydrogen-bond acceptors (Lipinski definition) is 7. The van der Waals surface area contributed by atoms with Gasteiger partial charge in [-0.1, -0.05) is 0 Å². The normalized spacial score (nSPS) is 20.3. The van der Waals surface area contributed by atoms with Crippen molar-refractivity contribution in [2.45, 2.75) is 31.6 Å². The number of amides is 1. The minimum absolute atomic E-state index is 0.0930. The summed E-state index contributed by atoms with van der Waals surface area (Å²) < 4.78 is 5.90. The van der Waals surface area contributed by atoms with Crippen LogP contribution in [-0.2, 0) is 9.53 Å². The highest BCUT2D eigenvalue weighted by Gasteiger charge is 2.32. The van der Waals surface area contributed by atoms with Crippen LogP contribution in [0.1, 0.15) is 18.9 Å². The lowest BCUT2D eigenvalue weighted by molar-refractivity contribution is -0.138. The number of ether oxygens (including phenoxy) is 1. The molecule has 29 heavy (non-hydrogen) atoms. The minimum Gasteiger partial charge on any atom is -0.394 e. The van der Waals surface area contributed by atoms with E-state index in [2.05, 4.69) is 21.3 Å². The van der Waals surface area contributed by atoms with Crippen LogP contribution in [0.5, 0.6) is 0 Å². The molecule has 7 nitrogen and oxygen atoms in total. The number of benzene rings is 1. The first kappa shape index (κ1) is 21.4. The van der Waals surface area contributed by atoms with Gasteiger partial charge in [0.25, 0.3) is 5.91 Å². The van der Waals surface area contributed by atoms with E-state index in [1.54, 1.807) is 24.0 Å². The summed E-state index contributed by atoms with van der Waals surface area (Å²) in [5, 5.41) is 22.7. The van der Waals surface area contributed by atoms with E-state index in [4.69, 9.17) is 4.74 Å². The van der Waals surface area contributed by atoms with Crippen LogP contribution in [0.15, 0.2) is 30.5 Å². The van der Waals surface area contributed by atoms with Crippen LogP contribution >= 0.6 is 11.8 Å². The average molecular weight is 415 g/mol. The van der Waals surface area contributed by atoms with Gasteiger partial charge in [-0.3, -0.25) is 9.78 Å². The topological polar surface area (TPSA) is 98.5 Å². The van der Waals surface area contributed by atoms with Crippen molar-refractivity contribution in [1.82, 2.24) is 10.3 Å². The highest BCUT2D eigenvalue weighted by atomic mass is 32.2. The van der Waals surface area contributed by atoms with Crippen molar-refractivity contribution >= 4 is 34.3 Å². The zero-order valence-corrected chi connectivity index (χ0v) is 17.5. The van der Waals surface area contributed by atoms with E-state index in [9.17, 15) is 15.2 Å². The third kappa shape index (κ3) is 4.99. The second-order valence-electron chi connectivity index (χ2n) is 7.15. The van der Waals surface area contributed by atoms with Gasteiger partial charge in [-0.25, -0.2) is 0 Å². The number of nitrogens with zero attached hydrogens (tertiary/aromatic N) is 3. The quantitative estimate of drug-likeness (QED) is 0.714. The number of carbonyl (C=O) groups excluding carboxylic acids is 1. The first-order chi connectivity index (χ1) is 14.1. The summed E-state index contributed by atoms with van der Waals surface area (Å²) in [4.78, 5) is 19.3. The van der Waals surface area contributed by atoms with Crippen molar-refractivity contribution in [2.24, 2.45) is 0 Å². The first-order valence-corrected chi connectivity index (χ1v) is 11.0. The van der Waals surface area contributed by atoms with E-state index in [-0.39, 0.29) is 24.7 Å². The standard InChI is InChI=1S/C21H26N4O3S/c1-14-11-25(12-19(28-14)21(27)24-16(13-26)7-9-29-2)18-6-5-15(10-22)20-17(18)4-3-8-23-20/h3-6,8,14,16,19,26H,7,9,11-13H2,1-2H3,(H,24,27)/t14-,16?,19-/m1/s1. The average Bonchev–Trinajstić information content (AvgIpc) is 2.75. The molecule has 0 aliphatic carbocycles. The summed E-state index contributed by atoms with van der Waals surface area (Å²) in [7, 11) is 0. The smallest absolute Gasteiger partial charge is 0.251 e. The molecule has 1 aromatic heterocycles. The van der Waals surface area contributed by atoms with Gasteiger partial charge in [0.05, 0.1) is 36.4 Å². The maximum absolute atomic E-state index is 12.8. The molecule has 1 saturated heterocycles. The van der Waals surface area contributed by atoms with Crippen molar-refractivity contribution in [1.29, 1.82) is 5.26 Å². The number of carbonyl (C=O) groups is 1. The fourth-order valence-electron chi connectivity index (χ4n) is 3.58. The lowest BCUT2D eigenvalue weighted by atomic mass is 10.1. The molecule has 1 aliphatic rings. The Hall–Kier alpha value is -2.34. The largest absolute Gasteiger partial charge is 0.394 e. The Morgan fingerprint density at radius 1 is 1.48 bits per heavy atom. The van der Waals surface area contributed by atoms with Crippen LogP contribution in [0.4, 0.5) is 5.69 Å². The van der Waals surface area contributed by atoms with E-state index >= 15 is 0 Å². The number of aliphatic hydroxyl groups is 1. The van der Waals surface area contributed by atoms with E-state index in [0.29, 0.717) is 30.6 Å². The SMILES string of the molecule is CSCCC(CO)NC(=O)[C@H]1CN(c2ccc(C#N)c3ncccc23)C[C@@H](C)O1. The summed E-state index contributed by atoms with van der Waals surface area (Å²) in [6.45, 7) is 2.88. The van der Waals surface area contributed by atoms with Crippen molar-refractivity contribution in [3.63, 3.8) is 0 Å². The Balaban J connectivity index is 1.81. The molecule has 2 aromatic rings. The molecule has 1 aliphatic heterocycles. The molecule has 0 spiro atoms. The van der Waals surface area contributed by atoms with Gasteiger partial charge >= 0.3 is 0 Å². The van der Waals surface area contributed by atoms with Gasteiger partial charge in [-0.05, 0) is 49.6 Å². The predicted octanol–water partition coefficient (Wildman–Crippen LogP) is 1.93. The van der Waals surface area contributed by atoms with Crippen LogP contribution in [-0.4, -0.2) is 66.0 Å². The second-order valence-corrected chi connectivity index (χ2v) is 8.14. The number of nitrogens with one attached hydrogen (secondary N) is 1. The molecule has 1 fully saturated rings. The van der Waals surface area contributed by atoms with E-state index in [1.807, 2.05) is 31.4 Å². The van der Waals surface area contributed by atoms with Crippen LogP contribution in [0.2, 0.25) is 0 Å². The lowest BCUT2D eigenvalue weighted by Gasteiger charge is -2.38. The van der Waals surface area contributed by atoms with Gasteiger partial charge in [0, 0.05) is 23.8 Å². The highest BCUT2D eigenvalue weighted by molar-refractivity contribution is 7.98. The number of thioether (sulfide) groups is 1. The Labute approximate surface area is 175 Å². The first-order valence-electron chi connectivity index (χ1n) is 9.65. The molecule has 154 valence electrons. The molecular weight excluding hydrogens is 388 g/mol. The molecule has 0 bridgehead atoms.